The Morgan fingerprint density at radius 3 is 2.14 bits per heavy atom. The Labute approximate surface area is 188 Å². The van der Waals surface area contributed by atoms with Gasteiger partial charge >= 0.3 is 0 Å². The zero-order chi connectivity index (χ0) is 19.8. The van der Waals surface area contributed by atoms with Gasteiger partial charge in [0.1, 0.15) is 12.2 Å². The maximum Gasteiger partial charge on any atom is 0.269 e. The molecule has 3 heterocycles. The molecule has 4 rings (SSSR count). The minimum Gasteiger partial charge on any atom is -0.287 e. The number of benzene rings is 1. The summed E-state index contributed by atoms with van der Waals surface area (Å²) in [5, 5.41) is 10.8. The summed E-state index contributed by atoms with van der Waals surface area (Å²) >= 11 is 11.9. The van der Waals surface area contributed by atoms with Crippen LogP contribution in [-0.2, 0) is 0 Å². The first-order chi connectivity index (χ1) is 13.5. The first-order valence-electron chi connectivity index (χ1n) is 7.71. The number of nitro benzene ring substituents is 1. The molecule has 0 saturated carbocycles. The molecular formula is C17H11NO3S7. The fourth-order valence-corrected chi connectivity index (χ4v) is 11.9. The predicted octanol–water partition coefficient (Wildman–Crippen LogP) is 5.09. The van der Waals surface area contributed by atoms with Gasteiger partial charge in [-0.1, -0.05) is 23.5 Å². The molecule has 0 bridgehead atoms. The minimum atomic E-state index is -0.427. The van der Waals surface area contributed by atoms with Gasteiger partial charge in [0, 0.05) is 12.1 Å². The van der Waals surface area contributed by atoms with Crippen LogP contribution in [0.3, 0.4) is 0 Å². The van der Waals surface area contributed by atoms with Crippen molar-refractivity contribution in [1.82, 2.24) is 0 Å². The van der Waals surface area contributed by atoms with Crippen molar-refractivity contribution in [2.75, 3.05) is 12.5 Å². The molecule has 0 aliphatic carbocycles. The molecule has 3 aliphatic rings. The van der Waals surface area contributed by atoms with Gasteiger partial charge < -0.3 is 0 Å². The molecule has 0 aromatic heterocycles. The maximum absolute atomic E-state index is 12.8. The van der Waals surface area contributed by atoms with Crippen LogP contribution in [-0.4, -0.2) is 17.4 Å². The fourth-order valence-electron chi connectivity index (χ4n) is 2.38. The molecule has 0 N–H and O–H groups in total. The SMILES string of the molecule is CSC1=C(SC)SC(=c2sc3s/c(=C/c4ccc([N+](=O)[O-])cc4)c(=O)c=3s2)S1. The highest BCUT2D eigenvalue weighted by molar-refractivity contribution is 8.45. The van der Waals surface area contributed by atoms with Crippen LogP contribution in [0, 0.1) is 18.5 Å². The molecule has 0 atom stereocenters. The van der Waals surface area contributed by atoms with Crippen molar-refractivity contribution in [1.29, 1.82) is 0 Å². The molecule has 0 amide bonds. The van der Waals surface area contributed by atoms with Crippen molar-refractivity contribution >= 4 is 97.1 Å². The van der Waals surface area contributed by atoms with Gasteiger partial charge in [-0.2, -0.15) is 0 Å². The smallest absolute Gasteiger partial charge is 0.269 e. The lowest BCUT2D eigenvalue weighted by Crippen LogP contribution is -2.17. The first kappa shape index (κ1) is 20.6. The van der Waals surface area contributed by atoms with Crippen LogP contribution < -0.4 is 13.8 Å². The van der Waals surface area contributed by atoms with Crippen LogP contribution in [0.5, 0.6) is 0 Å². The third-order valence-corrected chi connectivity index (χ3v) is 13.3. The highest BCUT2D eigenvalue weighted by Gasteiger charge is 2.21. The van der Waals surface area contributed by atoms with E-state index in [2.05, 4.69) is 12.5 Å². The third kappa shape index (κ3) is 3.98. The fraction of sp³-hybridized carbons (Fsp3) is 0.118. The molecule has 4 nitrogen and oxygen atoms in total. The number of non-ortho nitro benzene ring substituents is 1. The van der Waals surface area contributed by atoms with Crippen molar-refractivity contribution < 1.29 is 4.92 Å². The summed E-state index contributed by atoms with van der Waals surface area (Å²) in [6.45, 7) is 0. The molecule has 0 saturated heterocycles. The third-order valence-electron chi connectivity index (χ3n) is 3.67. The highest BCUT2D eigenvalue weighted by atomic mass is 32.3. The summed E-state index contributed by atoms with van der Waals surface area (Å²) in [6.07, 6.45) is 5.99. The summed E-state index contributed by atoms with van der Waals surface area (Å²) in [7, 11) is 0. The summed E-state index contributed by atoms with van der Waals surface area (Å²) in [4.78, 5) is 23.2. The molecule has 11 heteroatoms. The lowest BCUT2D eigenvalue weighted by Gasteiger charge is -1.94. The van der Waals surface area contributed by atoms with Crippen molar-refractivity contribution in [3.63, 3.8) is 0 Å². The molecule has 0 unspecified atom stereocenters. The highest BCUT2D eigenvalue weighted by Crippen LogP contribution is 2.56. The molecule has 0 fully saturated rings. The zero-order valence-corrected chi connectivity index (χ0v) is 20.1. The maximum atomic E-state index is 12.8. The van der Waals surface area contributed by atoms with Crippen LogP contribution in [0.25, 0.3) is 10.3 Å². The van der Waals surface area contributed by atoms with Crippen LogP contribution in [0.15, 0.2) is 37.5 Å². The van der Waals surface area contributed by atoms with Gasteiger partial charge in [0.2, 0.25) is 5.43 Å². The van der Waals surface area contributed by atoms with Gasteiger partial charge in [0.05, 0.1) is 22.2 Å². The van der Waals surface area contributed by atoms with E-state index in [0.29, 0.717) is 4.53 Å². The van der Waals surface area contributed by atoms with Crippen molar-refractivity contribution in [2.45, 2.75) is 0 Å². The zero-order valence-electron chi connectivity index (χ0n) is 14.4. The second-order valence-corrected chi connectivity index (χ2v) is 13.4. The number of rotatable bonds is 4. The van der Waals surface area contributed by atoms with Crippen molar-refractivity contribution in [3.8, 4) is 0 Å². The molecule has 0 radical (unpaired) electrons. The Kier molecular flexibility index (Phi) is 6.31. The lowest BCUT2D eigenvalue weighted by molar-refractivity contribution is -0.384. The molecule has 0 spiro atoms. The van der Waals surface area contributed by atoms with E-state index in [4.69, 9.17) is 0 Å². The average Bonchev–Trinajstić information content (AvgIpc) is 3.37. The Balaban J connectivity index is 1.73. The Morgan fingerprint density at radius 2 is 1.61 bits per heavy atom. The Morgan fingerprint density at radius 1 is 0.964 bits per heavy atom. The number of nitrogens with zero attached hydrogens (tertiary/aromatic N) is 1. The summed E-state index contributed by atoms with van der Waals surface area (Å²) < 4.78 is 7.60. The van der Waals surface area contributed by atoms with Crippen LogP contribution in [0.4, 0.5) is 5.69 Å². The quantitative estimate of drug-likeness (QED) is 0.364. The van der Waals surface area contributed by atoms with Gasteiger partial charge in [0.25, 0.3) is 5.69 Å². The van der Waals surface area contributed by atoms with Gasteiger partial charge in [-0.15, -0.1) is 57.5 Å². The van der Waals surface area contributed by atoms with E-state index in [1.54, 1.807) is 87.9 Å². The monoisotopic (exact) mass is 501 g/mol. The Bertz CT molecular complexity index is 1310. The van der Waals surface area contributed by atoms with Gasteiger partial charge in [-0.25, -0.2) is 0 Å². The predicted molar refractivity (Wildman–Crippen MR) is 130 cm³/mol. The number of hydrogen-bond acceptors (Lipinski definition) is 10. The second kappa shape index (κ2) is 8.58. The van der Waals surface area contributed by atoms with Gasteiger partial charge in [-0.3, -0.25) is 14.9 Å². The minimum absolute atomic E-state index is 0.0441. The largest absolute Gasteiger partial charge is 0.287 e. The molecule has 1 aromatic rings. The standard InChI is InChI=1S/C17H11NO3S7/c1-22-14-15(23-2)28-17(27-14)16-25-12-11(19)10(24-13(12)26-16)7-8-3-5-9(6-4-8)18(20)21/h3-7H,1-2H3/b10-7+. The van der Waals surface area contributed by atoms with E-state index in [1.807, 2.05) is 0 Å². The second-order valence-electron chi connectivity index (χ2n) is 5.37. The van der Waals surface area contributed by atoms with Gasteiger partial charge in [0.15, 0.2) is 0 Å². The van der Waals surface area contributed by atoms with E-state index in [9.17, 15) is 14.9 Å². The normalized spacial score (nSPS) is 15.2. The molecule has 28 heavy (non-hydrogen) atoms. The number of nitro groups is 1. The first-order valence-corrected chi connectivity index (χ1v) is 14.2. The average molecular weight is 502 g/mol. The number of hydrogen-bond donors (Lipinski definition) is 0. The lowest BCUT2D eigenvalue weighted by atomic mass is 10.2. The van der Waals surface area contributed by atoms with E-state index >= 15 is 0 Å². The summed E-state index contributed by atoms with van der Waals surface area (Å²) in [5.41, 5.74) is 0.879. The molecular weight excluding hydrogens is 491 g/mol. The van der Waals surface area contributed by atoms with Crippen LogP contribution >= 0.6 is 81.1 Å². The van der Waals surface area contributed by atoms with Crippen LogP contribution in [0.1, 0.15) is 5.56 Å². The van der Waals surface area contributed by atoms with E-state index in [1.165, 1.54) is 40.0 Å². The van der Waals surface area contributed by atoms with Crippen molar-refractivity contribution in [2.24, 2.45) is 0 Å². The topological polar surface area (TPSA) is 60.2 Å². The van der Waals surface area contributed by atoms with E-state index in [0.717, 1.165) is 13.9 Å². The molecule has 3 aliphatic heterocycles. The Hall–Kier alpha value is -0.690. The molecule has 1 aromatic carbocycles. The van der Waals surface area contributed by atoms with E-state index < -0.39 is 4.92 Å². The van der Waals surface area contributed by atoms with Gasteiger partial charge in [-0.05, 0) is 36.3 Å². The molecule has 144 valence electrons. The van der Waals surface area contributed by atoms with Crippen molar-refractivity contribution in [3.05, 3.63) is 75.4 Å². The summed E-state index contributed by atoms with van der Waals surface area (Å²) in [5.74, 6) is 0. The van der Waals surface area contributed by atoms with Crippen LogP contribution in [0.2, 0.25) is 0 Å². The summed E-state index contributed by atoms with van der Waals surface area (Å²) in [6, 6.07) is 6.25. The number of thioether (sulfide) groups is 4. The van der Waals surface area contributed by atoms with E-state index in [-0.39, 0.29) is 11.1 Å².